The molecule has 2 aliphatic heterocycles. The summed E-state index contributed by atoms with van der Waals surface area (Å²) in [6.45, 7) is 1.31. The highest BCUT2D eigenvalue weighted by atomic mass is 16.5. The third-order valence-electron chi connectivity index (χ3n) is 4.60. The molecule has 0 aromatic heterocycles. The Morgan fingerprint density at radius 2 is 2.12 bits per heavy atom. The molecule has 3 N–H and O–H groups in total. The van der Waals surface area contributed by atoms with E-state index in [1.807, 2.05) is 24.4 Å². The van der Waals surface area contributed by atoms with Crippen LogP contribution in [0.4, 0.5) is 4.79 Å². The second kappa shape index (κ2) is 7.53. The molecule has 24 heavy (non-hydrogen) atoms. The van der Waals surface area contributed by atoms with Gasteiger partial charge >= 0.3 is 12.1 Å². The summed E-state index contributed by atoms with van der Waals surface area (Å²) in [5, 5.41) is 15.5. The number of esters is 1. The summed E-state index contributed by atoms with van der Waals surface area (Å²) in [4.78, 5) is 24.7. The third-order valence-corrected chi connectivity index (χ3v) is 4.60. The molecule has 4 unspecified atom stereocenters. The van der Waals surface area contributed by atoms with Crippen LogP contribution in [0.15, 0.2) is 36.6 Å². The van der Waals surface area contributed by atoms with E-state index in [2.05, 4.69) is 22.8 Å². The fourth-order valence-corrected chi connectivity index (χ4v) is 3.37. The van der Waals surface area contributed by atoms with Crippen LogP contribution in [0.1, 0.15) is 12.8 Å². The van der Waals surface area contributed by atoms with Crippen molar-refractivity contribution in [3.8, 4) is 0 Å². The van der Waals surface area contributed by atoms with Crippen LogP contribution >= 0.6 is 0 Å². The number of nitrogens with zero attached hydrogens (tertiary/aromatic N) is 1. The Morgan fingerprint density at radius 3 is 2.96 bits per heavy atom. The number of hydrogen-bond acceptors (Lipinski definition) is 5. The monoisotopic (exact) mass is 333 g/mol. The predicted octanol–water partition coefficient (Wildman–Crippen LogP) is 0.858. The predicted molar refractivity (Wildman–Crippen MR) is 88.3 cm³/mol. The number of fused-ring (bicyclic) bond motifs is 1. The highest BCUT2D eigenvalue weighted by Crippen LogP contribution is 2.25. The fourth-order valence-electron chi connectivity index (χ4n) is 3.37. The first-order valence-corrected chi connectivity index (χ1v) is 8.30. The second-order valence-corrected chi connectivity index (χ2v) is 6.29. The Hall–Kier alpha value is -2.28. The van der Waals surface area contributed by atoms with Gasteiger partial charge in [0.15, 0.2) is 0 Å². The number of allylic oxidation sites excluding steroid dienone is 2. The molecule has 3 aliphatic rings. The number of hydrogen-bond donors (Lipinski definition) is 3. The van der Waals surface area contributed by atoms with Gasteiger partial charge in [-0.25, -0.2) is 4.79 Å². The molecular weight excluding hydrogens is 310 g/mol. The first-order valence-electron chi connectivity index (χ1n) is 8.30. The van der Waals surface area contributed by atoms with E-state index < -0.39 is 6.09 Å². The molecule has 130 valence electrons. The van der Waals surface area contributed by atoms with Crippen molar-refractivity contribution < 1.29 is 19.4 Å². The quantitative estimate of drug-likeness (QED) is 0.664. The lowest BCUT2D eigenvalue weighted by Crippen LogP contribution is -2.53. The van der Waals surface area contributed by atoms with Gasteiger partial charge in [0.1, 0.15) is 6.10 Å². The van der Waals surface area contributed by atoms with Crippen LogP contribution in [0.2, 0.25) is 0 Å². The van der Waals surface area contributed by atoms with Gasteiger partial charge in [-0.1, -0.05) is 30.4 Å². The van der Waals surface area contributed by atoms with Crippen molar-refractivity contribution >= 4 is 12.1 Å². The zero-order valence-corrected chi connectivity index (χ0v) is 13.4. The number of nitrogens with one attached hydrogen (secondary N) is 2. The van der Waals surface area contributed by atoms with Crippen LogP contribution in [0.5, 0.6) is 0 Å². The Labute approximate surface area is 141 Å². The molecule has 1 saturated heterocycles. The largest absolute Gasteiger partial charge is 0.465 e. The molecule has 0 aromatic rings. The molecule has 0 spiro atoms. The molecule has 7 nitrogen and oxygen atoms in total. The van der Waals surface area contributed by atoms with Crippen LogP contribution < -0.4 is 10.6 Å². The van der Waals surface area contributed by atoms with E-state index in [1.54, 1.807) is 0 Å². The minimum absolute atomic E-state index is 0.101. The summed E-state index contributed by atoms with van der Waals surface area (Å²) in [6, 6.07) is -0.0683. The lowest BCUT2D eigenvalue weighted by Gasteiger charge is -2.32. The van der Waals surface area contributed by atoms with Crippen molar-refractivity contribution in [2.75, 3.05) is 19.6 Å². The van der Waals surface area contributed by atoms with E-state index in [9.17, 15) is 9.59 Å². The van der Waals surface area contributed by atoms with Gasteiger partial charge in [-0.3, -0.25) is 4.79 Å². The first kappa shape index (κ1) is 16.6. The van der Waals surface area contributed by atoms with E-state index in [4.69, 9.17) is 9.84 Å². The van der Waals surface area contributed by atoms with Crippen molar-refractivity contribution in [3.05, 3.63) is 36.6 Å². The summed E-state index contributed by atoms with van der Waals surface area (Å²) in [5.41, 5.74) is 0. The lowest BCUT2D eigenvalue weighted by molar-refractivity contribution is -0.151. The molecule has 1 aliphatic carbocycles. The van der Waals surface area contributed by atoms with Crippen LogP contribution in [-0.2, 0) is 9.53 Å². The minimum atomic E-state index is -0.947. The third kappa shape index (κ3) is 3.97. The number of amides is 1. The molecule has 1 fully saturated rings. The topological polar surface area (TPSA) is 90.9 Å². The fraction of sp³-hybridized carbons (Fsp3) is 0.529. The van der Waals surface area contributed by atoms with Gasteiger partial charge in [0.25, 0.3) is 0 Å². The van der Waals surface area contributed by atoms with Gasteiger partial charge < -0.3 is 25.4 Å². The SMILES string of the molecule is O=C(CC1CN(C(=O)O)CCN1)OC1CC=CNC2C=CC=CC21. The molecule has 2 heterocycles. The van der Waals surface area contributed by atoms with Gasteiger partial charge in [0.2, 0.25) is 0 Å². The van der Waals surface area contributed by atoms with Crippen molar-refractivity contribution in [1.29, 1.82) is 0 Å². The summed E-state index contributed by atoms with van der Waals surface area (Å²) >= 11 is 0. The molecule has 0 bridgehead atoms. The summed E-state index contributed by atoms with van der Waals surface area (Å²) in [6.07, 6.45) is 11.6. The minimum Gasteiger partial charge on any atom is -0.465 e. The molecule has 7 heteroatoms. The summed E-state index contributed by atoms with van der Waals surface area (Å²) in [5.74, 6) is -0.189. The number of carbonyl (C=O) groups is 2. The zero-order chi connectivity index (χ0) is 16.9. The van der Waals surface area contributed by atoms with Crippen LogP contribution in [-0.4, -0.2) is 59.9 Å². The first-order chi connectivity index (χ1) is 11.6. The van der Waals surface area contributed by atoms with Gasteiger partial charge in [-0.05, 0) is 6.20 Å². The van der Waals surface area contributed by atoms with E-state index in [0.717, 1.165) is 0 Å². The lowest BCUT2D eigenvalue weighted by atomic mass is 9.89. The van der Waals surface area contributed by atoms with Crippen molar-refractivity contribution in [1.82, 2.24) is 15.5 Å². The van der Waals surface area contributed by atoms with E-state index in [0.29, 0.717) is 26.1 Å². The van der Waals surface area contributed by atoms with Crippen molar-refractivity contribution in [2.45, 2.75) is 31.0 Å². The number of ether oxygens (including phenoxy) is 1. The van der Waals surface area contributed by atoms with Crippen molar-refractivity contribution in [3.63, 3.8) is 0 Å². The van der Waals surface area contributed by atoms with Gasteiger partial charge in [-0.2, -0.15) is 0 Å². The molecule has 0 radical (unpaired) electrons. The Balaban J connectivity index is 1.55. The van der Waals surface area contributed by atoms with Crippen LogP contribution in [0, 0.1) is 5.92 Å². The number of carbonyl (C=O) groups excluding carboxylic acids is 1. The standard InChI is InChI=1S/C17H23N3O4/c21-16(10-12-11-20(17(22)23)9-8-18-12)24-15-6-3-7-19-14-5-2-1-4-13(14)15/h1-5,7,12-15,18-19H,6,8-11H2,(H,22,23). The Morgan fingerprint density at radius 1 is 1.29 bits per heavy atom. The number of rotatable bonds is 3. The van der Waals surface area contributed by atoms with Gasteiger partial charge in [-0.15, -0.1) is 0 Å². The zero-order valence-electron chi connectivity index (χ0n) is 13.4. The maximum atomic E-state index is 12.3. The van der Waals surface area contributed by atoms with Crippen molar-refractivity contribution in [2.24, 2.45) is 5.92 Å². The Kier molecular flexibility index (Phi) is 5.20. The molecule has 4 atom stereocenters. The molecule has 3 rings (SSSR count). The maximum Gasteiger partial charge on any atom is 0.407 e. The Bertz CT molecular complexity index is 572. The van der Waals surface area contributed by atoms with E-state index in [-0.39, 0.29) is 36.5 Å². The number of piperazine rings is 1. The number of carboxylic acid groups (broad SMARTS) is 1. The average Bonchev–Trinajstić information content (AvgIpc) is 2.77. The smallest absolute Gasteiger partial charge is 0.407 e. The highest BCUT2D eigenvalue weighted by molar-refractivity contribution is 5.71. The van der Waals surface area contributed by atoms with E-state index >= 15 is 0 Å². The molecular formula is C17H23N3O4. The molecule has 1 amide bonds. The average molecular weight is 333 g/mol. The van der Waals surface area contributed by atoms with Gasteiger partial charge in [0.05, 0.1) is 12.5 Å². The normalized spacial score (nSPS) is 31.8. The second-order valence-electron chi connectivity index (χ2n) is 6.29. The highest BCUT2D eigenvalue weighted by Gasteiger charge is 2.32. The maximum absolute atomic E-state index is 12.3. The molecule has 0 aromatic carbocycles. The van der Waals surface area contributed by atoms with E-state index in [1.165, 1.54) is 4.90 Å². The van der Waals surface area contributed by atoms with Crippen LogP contribution in [0.3, 0.4) is 0 Å². The molecule has 0 saturated carbocycles. The summed E-state index contributed by atoms with van der Waals surface area (Å²) < 4.78 is 5.72. The van der Waals surface area contributed by atoms with Crippen LogP contribution in [0.25, 0.3) is 0 Å². The summed E-state index contributed by atoms with van der Waals surface area (Å²) in [7, 11) is 0. The van der Waals surface area contributed by atoms with Gasteiger partial charge in [0, 0.05) is 38.0 Å².